The highest BCUT2D eigenvalue weighted by Crippen LogP contribution is 2.26. The van der Waals surface area contributed by atoms with Crippen LogP contribution in [0.3, 0.4) is 0 Å². The highest BCUT2D eigenvalue weighted by molar-refractivity contribution is 5.71. The maximum atomic E-state index is 11.9. The second-order valence-electron chi connectivity index (χ2n) is 5.31. The first-order valence-electron chi connectivity index (χ1n) is 6.28. The van der Waals surface area contributed by atoms with Crippen molar-refractivity contribution in [2.24, 2.45) is 5.73 Å². The lowest BCUT2D eigenvalue weighted by Crippen LogP contribution is -2.27. The molecule has 0 bridgehead atoms. The number of methoxy groups -OCH3 is 1. The van der Waals surface area contributed by atoms with Crippen molar-refractivity contribution in [3.05, 3.63) is 24.0 Å². The van der Waals surface area contributed by atoms with Gasteiger partial charge in [0.1, 0.15) is 11.4 Å². The molecule has 0 saturated heterocycles. The smallest absolute Gasteiger partial charge is 0.307 e. The van der Waals surface area contributed by atoms with E-state index >= 15 is 0 Å². The van der Waals surface area contributed by atoms with Crippen LogP contribution in [0.25, 0.3) is 0 Å². The lowest BCUT2D eigenvalue weighted by molar-refractivity contribution is -0.155. The second-order valence-corrected chi connectivity index (χ2v) is 5.31. The molecular weight excluding hydrogens is 244 g/mol. The highest BCUT2D eigenvalue weighted by atomic mass is 16.6. The monoisotopic (exact) mass is 266 g/mol. The molecule has 0 aromatic carbocycles. The third kappa shape index (κ3) is 4.87. The van der Waals surface area contributed by atoms with E-state index in [1.165, 1.54) is 0 Å². The lowest BCUT2D eigenvalue weighted by atomic mass is 10.00. The zero-order chi connectivity index (χ0) is 14.5. The molecule has 0 fully saturated rings. The predicted octanol–water partition coefficient (Wildman–Crippen LogP) is 1.86. The van der Waals surface area contributed by atoms with Crippen LogP contribution in [0.2, 0.25) is 0 Å². The van der Waals surface area contributed by atoms with Crippen molar-refractivity contribution in [1.29, 1.82) is 0 Å². The Bertz CT molecular complexity index is 427. The first-order valence-corrected chi connectivity index (χ1v) is 6.28. The van der Waals surface area contributed by atoms with Gasteiger partial charge in [-0.15, -0.1) is 0 Å². The van der Waals surface area contributed by atoms with Crippen molar-refractivity contribution in [2.75, 3.05) is 13.7 Å². The molecule has 0 saturated carbocycles. The number of nitrogens with two attached hydrogens (primary N) is 1. The van der Waals surface area contributed by atoms with E-state index in [1.54, 1.807) is 25.4 Å². The molecule has 1 unspecified atom stereocenters. The van der Waals surface area contributed by atoms with Gasteiger partial charge in [0.05, 0.1) is 19.2 Å². The predicted molar refractivity (Wildman–Crippen MR) is 73.0 cm³/mol. The Labute approximate surface area is 114 Å². The molecule has 0 radical (unpaired) electrons. The molecule has 0 amide bonds. The van der Waals surface area contributed by atoms with Crippen LogP contribution < -0.4 is 10.5 Å². The topological polar surface area (TPSA) is 74.4 Å². The van der Waals surface area contributed by atoms with Gasteiger partial charge < -0.3 is 15.2 Å². The number of ether oxygens (including phenoxy) is 2. The van der Waals surface area contributed by atoms with Gasteiger partial charge in [-0.3, -0.25) is 9.78 Å². The van der Waals surface area contributed by atoms with E-state index in [0.29, 0.717) is 18.0 Å². The molecule has 1 heterocycles. The zero-order valence-corrected chi connectivity index (χ0v) is 12.0. The molecule has 1 aromatic heterocycles. The molecule has 5 heteroatoms. The average molecular weight is 266 g/mol. The number of hydrogen-bond donors (Lipinski definition) is 1. The maximum absolute atomic E-state index is 11.9. The number of esters is 1. The molecular formula is C14H22N2O3. The number of rotatable bonds is 5. The summed E-state index contributed by atoms with van der Waals surface area (Å²) >= 11 is 0. The molecule has 2 N–H and O–H groups in total. The average Bonchev–Trinajstić information content (AvgIpc) is 2.33. The molecule has 1 atom stereocenters. The first kappa shape index (κ1) is 15.4. The van der Waals surface area contributed by atoms with E-state index in [9.17, 15) is 4.79 Å². The molecule has 0 spiro atoms. The zero-order valence-electron chi connectivity index (χ0n) is 12.0. The van der Waals surface area contributed by atoms with Crippen molar-refractivity contribution in [1.82, 2.24) is 4.98 Å². The highest BCUT2D eigenvalue weighted by Gasteiger charge is 2.23. The van der Waals surface area contributed by atoms with Crippen LogP contribution in [0, 0.1) is 0 Å². The van der Waals surface area contributed by atoms with Gasteiger partial charge in [0.2, 0.25) is 0 Å². The van der Waals surface area contributed by atoms with Gasteiger partial charge in [-0.25, -0.2) is 0 Å². The Morgan fingerprint density at radius 2 is 2.16 bits per heavy atom. The third-order valence-electron chi connectivity index (χ3n) is 2.52. The quantitative estimate of drug-likeness (QED) is 0.823. The Kier molecular flexibility index (Phi) is 5.30. The van der Waals surface area contributed by atoms with E-state index in [1.807, 2.05) is 20.8 Å². The fraction of sp³-hybridized carbons (Fsp3) is 0.571. The Balaban J connectivity index is 2.81. The summed E-state index contributed by atoms with van der Waals surface area (Å²) in [6.07, 6.45) is 1.86. The normalized spacial score (nSPS) is 12.9. The summed E-state index contributed by atoms with van der Waals surface area (Å²) in [5.41, 5.74) is 5.93. The summed E-state index contributed by atoms with van der Waals surface area (Å²) in [4.78, 5) is 16.1. The van der Waals surface area contributed by atoms with Crippen molar-refractivity contribution in [3.63, 3.8) is 0 Å². The van der Waals surface area contributed by atoms with Crippen LogP contribution in [0.1, 0.15) is 38.8 Å². The van der Waals surface area contributed by atoms with Crippen molar-refractivity contribution < 1.29 is 14.3 Å². The molecule has 5 nitrogen and oxygen atoms in total. The summed E-state index contributed by atoms with van der Waals surface area (Å²) in [5.74, 6) is 0.156. The molecule has 0 aliphatic heterocycles. The van der Waals surface area contributed by atoms with Crippen LogP contribution >= 0.6 is 0 Å². The van der Waals surface area contributed by atoms with E-state index in [0.717, 1.165) is 0 Å². The fourth-order valence-corrected chi connectivity index (χ4v) is 1.76. The van der Waals surface area contributed by atoms with Crippen LogP contribution in [-0.2, 0) is 9.53 Å². The van der Waals surface area contributed by atoms with Crippen LogP contribution in [0.15, 0.2) is 18.3 Å². The van der Waals surface area contributed by atoms with Gasteiger partial charge in [-0.05, 0) is 32.9 Å². The number of hydrogen-bond acceptors (Lipinski definition) is 5. The van der Waals surface area contributed by atoms with Crippen molar-refractivity contribution >= 4 is 5.97 Å². The second kappa shape index (κ2) is 6.52. The summed E-state index contributed by atoms with van der Waals surface area (Å²) in [5, 5.41) is 0. The minimum absolute atomic E-state index is 0.196. The van der Waals surface area contributed by atoms with Crippen molar-refractivity contribution in [2.45, 2.75) is 38.7 Å². The molecule has 106 valence electrons. The van der Waals surface area contributed by atoms with Gasteiger partial charge >= 0.3 is 5.97 Å². The minimum Gasteiger partial charge on any atom is -0.495 e. The van der Waals surface area contributed by atoms with Gasteiger partial charge in [0.15, 0.2) is 0 Å². The van der Waals surface area contributed by atoms with Gasteiger partial charge in [-0.1, -0.05) is 0 Å². The van der Waals surface area contributed by atoms with E-state index in [-0.39, 0.29) is 18.3 Å². The van der Waals surface area contributed by atoms with E-state index in [4.69, 9.17) is 15.2 Å². The summed E-state index contributed by atoms with van der Waals surface area (Å²) < 4.78 is 10.5. The molecule has 0 aliphatic carbocycles. The molecule has 0 aliphatic rings. The van der Waals surface area contributed by atoms with E-state index in [2.05, 4.69) is 4.98 Å². The third-order valence-corrected chi connectivity index (χ3v) is 2.52. The van der Waals surface area contributed by atoms with Crippen molar-refractivity contribution in [3.8, 4) is 5.75 Å². The standard InChI is InChI=1S/C14H22N2O3/c1-14(2,3)19-12(17)8-10(9-15)13-11(18-4)6-5-7-16-13/h5-7,10H,8-9,15H2,1-4H3. The van der Waals surface area contributed by atoms with E-state index < -0.39 is 5.60 Å². The number of aromatic nitrogens is 1. The SMILES string of the molecule is COc1cccnc1C(CN)CC(=O)OC(C)(C)C. The summed E-state index contributed by atoms with van der Waals surface area (Å²) in [6, 6.07) is 3.59. The molecule has 19 heavy (non-hydrogen) atoms. The molecule has 1 aromatic rings. The molecule has 1 rings (SSSR count). The number of nitrogens with zero attached hydrogens (tertiary/aromatic N) is 1. The summed E-state index contributed by atoms with van der Waals surface area (Å²) in [6.45, 7) is 5.82. The summed E-state index contributed by atoms with van der Waals surface area (Å²) in [7, 11) is 1.57. The number of carbonyl (C=O) groups is 1. The Morgan fingerprint density at radius 1 is 1.47 bits per heavy atom. The largest absolute Gasteiger partial charge is 0.495 e. The van der Waals surface area contributed by atoms with Gasteiger partial charge in [0.25, 0.3) is 0 Å². The number of carbonyl (C=O) groups excluding carboxylic acids is 1. The Hall–Kier alpha value is -1.62. The minimum atomic E-state index is -0.496. The Morgan fingerprint density at radius 3 is 2.68 bits per heavy atom. The number of pyridine rings is 1. The first-order chi connectivity index (χ1) is 8.87. The maximum Gasteiger partial charge on any atom is 0.307 e. The van der Waals surface area contributed by atoms with Gasteiger partial charge in [0, 0.05) is 18.7 Å². The van der Waals surface area contributed by atoms with Crippen LogP contribution in [0.5, 0.6) is 5.75 Å². The van der Waals surface area contributed by atoms with Gasteiger partial charge in [-0.2, -0.15) is 0 Å². The van der Waals surface area contributed by atoms with Crippen LogP contribution in [0.4, 0.5) is 0 Å². The lowest BCUT2D eigenvalue weighted by Gasteiger charge is -2.22. The fourth-order valence-electron chi connectivity index (χ4n) is 1.76. The van der Waals surface area contributed by atoms with Crippen LogP contribution in [-0.4, -0.2) is 30.2 Å².